The van der Waals surface area contributed by atoms with E-state index in [0.29, 0.717) is 18.5 Å². The van der Waals surface area contributed by atoms with Crippen molar-refractivity contribution in [3.8, 4) is 0 Å². The van der Waals surface area contributed by atoms with E-state index in [0.717, 1.165) is 10.9 Å². The Bertz CT molecular complexity index is 483. The van der Waals surface area contributed by atoms with Crippen LogP contribution >= 0.6 is 28.3 Å². The molecule has 0 aliphatic rings. The Morgan fingerprint density at radius 2 is 2.05 bits per heavy atom. The summed E-state index contributed by atoms with van der Waals surface area (Å²) in [5.41, 5.74) is 5.67. The third-order valence-electron chi connectivity index (χ3n) is 3.30. The molecule has 0 spiro atoms. The van der Waals surface area contributed by atoms with Gasteiger partial charge in [0, 0.05) is 23.1 Å². The van der Waals surface area contributed by atoms with Crippen molar-refractivity contribution in [2.45, 2.75) is 45.7 Å². The van der Waals surface area contributed by atoms with Crippen molar-refractivity contribution in [3.63, 3.8) is 0 Å². The van der Waals surface area contributed by atoms with Crippen LogP contribution in [0.2, 0.25) is 0 Å². The zero-order chi connectivity index (χ0) is 15.3. The number of rotatable bonds is 6. The smallest absolute Gasteiger partial charge is 0.242 e. The third-order valence-corrected chi connectivity index (χ3v) is 3.79. The van der Waals surface area contributed by atoms with Gasteiger partial charge in [-0.1, -0.05) is 29.3 Å². The quantitative estimate of drug-likeness (QED) is 0.813. The predicted molar refractivity (Wildman–Crippen MR) is 89.9 cm³/mol. The van der Waals surface area contributed by atoms with E-state index in [4.69, 9.17) is 5.73 Å². The number of benzene rings is 1. The fourth-order valence-corrected chi connectivity index (χ4v) is 2.59. The molecule has 1 atom stereocenters. The molecule has 0 radical (unpaired) electrons. The highest BCUT2D eigenvalue weighted by atomic mass is 79.9. The van der Waals surface area contributed by atoms with Gasteiger partial charge in [-0.05, 0) is 38.5 Å². The van der Waals surface area contributed by atoms with Gasteiger partial charge in [0.05, 0.1) is 5.54 Å². The molecule has 21 heavy (non-hydrogen) atoms. The highest BCUT2D eigenvalue weighted by Crippen LogP contribution is 2.19. The number of hydrogen-bond acceptors (Lipinski definition) is 2. The maximum absolute atomic E-state index is 13.8. The molecule has 1 aromatic rings. The number of carbonyl (C=O) groups is 1. The number of halogens is 3. The Labute approximate surface area is 140 Å². The van der Waals surface area contributed by atoms with Crippen LogP contribution in [0.15, 0.2) is 22.7 Å². The first-order valence-electron chi connectivity index (χ1n) is 6.84. The Balaban J connectivity index is 0.00000400. The predicted octanol–water partition coefficient (Wildman–Crippen LogP) is 3.88. The summed E-state index contributed by atoms with van der Waals surface area (Å²) >= 11 is 3.31. The third kappa shape index (κ3) is 5.57. The number of carbonyl (C=O) groups excluding carboxylic acids is 1. The van der Waals surface area contributed by atoms with Gasteiger partial charge in [-0.3, -0.25) is 4.79 Å². The van der Waals surface area contributed by atoms with Crippen LogP contribution in [0.25, 0.3) is 0 Å². The van der Waals surface area contributed by atoms with E-state index in [1.807, 2.05) is 13.8 Å². The van der Waals surface area contributed by atoms with Gasteiger partial charge < -0.3 is 10.6 Å². The lowest BCUT2D eigenvalue weighted by Gasteiger charge is -2.31. The van der Waals surface area contributed by atoms with E-state index >= 15 is 0 Å². The summed E-state index contributed by atoms with van der Waals surface area (Å²) in [4.78, 5) is 14.1. The molecule has 0 bridgehead atoms. The molecule has 6 heteroatoms. The minimum atomic E-state index is -0.896. The van der Waals surface area contributed by atoms with Gasteiger partial charge in [0.25, 0.3) is 0 Å². The Morgan fingerprint density at radius 3 is 2.57 bits per heavy atom. The van der Waals surface area contributed by atoms with Crippen molar-refractivity contribution >= 4 is 34.2 Å². The van der Waals surface area contributed by atoms with Gasteiger partial charge >= 0.3 is 0 Å². The summed E-state index contributed by atoms with van der Waals surface area (Å²) in [5, 5.41) is 0. The van der Waals surface area contributed by atoms with Crippen LogP contribution in [0.4, 0.5) is 4.39 Å². The Hall–Kier alpha value is -0.650. The molecule has 120 valence electrons. The van der Waals surface area contributed by atoms with Crippen LogP contribution in [-0.2, 0) is 11.3 Å². The van der Waals surface area contributed by atoms with E-state index in [-0.39, 0.29) is 30.7 Å². The molecular formula is C15H23BrClFN2O. The SMILES string of the molecule is CCCC(C)(N)C(=O)N(CC)Cc1cc(Br)ccc1F.Cl. The summed E-state index contributed by atoms with van der Waals surface area (Å²) in [5.74, 6) is -0.449. The van der Waals surface area contributed by atoms with Gasteiger partial charge in [0.1, 0.15) is 5.82 Å². The average molecular weight is 382 g/mol. The second kappa shape index (κ2) is 8.71. The summed E-state index contributed by atoms with van der Waals surface area (Å²) in [7, 11) is 0. The van der Waals surface area contributed by atoms with E-state index in [9.17, 15) is 9.18 Å². The molecule has 1 unspecified atom stereocenters. The fraction of sp³-hybridized carbons (Fsp3) is 0.533. The van der Waals surface area contributed by atoms with Crippen molar-refractivity contribution in [2.75, 3.05) is 6.54 Å². The summed E-state index contributed by atoms with van der Waals surface area (Å²) in [6, 6.07) is 4.73. The lowest BCUT2D eigenvalue weighted by atomic mass is 9.95. The Kier molecular flexibility index (Phi) is 8.44. The minimum Gasteiger partial charge on any atom is -0.337 e. The second-order valence-corrected chi connectivity index (χ2v) is 6.14. The number of nitrogens with zero attached hydrogens (tertiary/aromatic N) is 1. The first-order chi connectivity index (χ1) is 9.31. The first-order valence-corrected chi connectivity index (χ1v) is 7.63. The van der Waals surface area contributed by atoms with E-state index in [1.54, 1.807) is 24.0 Å². The van der Waals surface area contributed by atoms with Crippen molar-refractivity contribution in [3.05, 3.63) is 34.1 Å². The van der Waals surface area contributed by atoms with Gasteiger partial charge in [0.15, 0.2) is 0 Å². The molecular weight excluding hydrogens is 359 g/mol. The van der Waals surface area contributed by atoms with Crippen molar-refractivity contribution in [1.82, 2.24) is 4.90 Å². The molecule has 1 rings (SSSR count). The highest BCUT2D eigenvalue weighted by Gasteiger charge is 2.31. The molecule has 1 aromatic carbocycles. The van der Waals surface area contributed by atoms with E-state index in [1.165, 1.54) is 6.07 Å². The molecule has 1 amide bonds. The molecule has 0 aliphatic heterocycles. The van der Waals surface area contributed by atoms with Crippen LogP contribution < -0.4 is 5.73 Å². The molecule has 0 aromatic heterocycles. The molecule has 2 N–H and O–H groups in total. The Morgan fingerprint density at radius 1 is 1.43 bits per heavy atom. The number of hydrogen-bond donors (Lipinski definition) is 1. The molecule has 0 saturated heterocycles. The minimum absolute atomic E-state index is 0. The van der Waals surface area contributed by atoms with Gasteiger partial charge in [-0.2, -0.15) is 0 Å². The monoisotopic (exact) mass is 380 g/mol. The lowest BCUT2D eigenvalue weighted by Crippen LogP contribution is -2.52. The maximum atomic E-state index is 13.8. The fourth-order valence-electron chi connectivity index (χ4n) is 2.18. The van der Waals surface area contributed by atoms with Crippen LogP contribution in [0.1, 0.15) is 39.2 Å². The van der Waals surface area contributed by atoms with Crippen LogP contribution in [0.5, 0.6) is 0 Å². The van der Waals surface area contributed by atoms with Crippen LogP contribution in [0, 0.1) is 5.82 Å². The largest absolute Gasteiger partial charge is 0.337 e. The van der Waals surface area contributed by atoms with Crippen molar-refractivity contribution in [1.29, 1.82) is 0 Å². The molecule has 0 heterocycles. The van der Waals surface area contributed by atoms with Gasteiger partial charge in [0.2, 0.25) is 5.91 Å². The maximum Gasteiger partial charge on any atom is 0.242 e. The topological polar surface area (TPSA) is 46.3 Å². The average Bonchev–Trinajstić information content (AvgIpc) is 2.39. The lowest BCUT2D eigenvalue weighted by molar-refractivity contribution is -0.137. The second-order valence-electron chi connectivity index (χ2n) is 5.22. The summed E-state index contributed by atoms with van der Waals surface area (Å²) < 4.78 is 14.6. The van der Waals surface area contributed by atoms with Crippen LogP contribution in [-0.4, -0.2) is 22.9 Å². The van der Waals surface area contributed by atoms with Crippen molar-refractivity contribution in [2.24, 2.45) is 5.73 Å². The summed E-state index contributed by atoms with van der Waals surface area (Å²) in [6.45, 7) is 6.33. The van der Waals surface area contributed by atoms with E-state index in [2.05, 4.69) is 15.9 Å². The van der Waals surface area contributed by atoms with E-state index < -0.39 is 5.54 Å². The number of amides is 1. The number of likely N-dealkylation sites (N-methyl/N-ethyl adjacent to an activating group) is 1. The zero-order valence-corrected chi connectivity index (χ0v) is 15.1. The molecule has 0 saturated carbocycles. The van der Waals surface area contributed by atoms with Crippen LogP contribution in [0.3, 0.4) is 0 Å². The van der Waals surface area contributed by atoms with Crippen molar-refractivity contribution < 1.29 is 9.18 Å². The molecule has 0 aliphatic carbocycles. The van der Waals surface area contributed by atoms with Gasteiger partial charge in [-0.15, -0.1) is 12.4 Å². The highest BCUT2D eigenvalue weighted by molar-refractivity contribution is 9.10. The summed E-state index contributed by atoms with van der Waals surface area (Å²) in [6.07, 6.45) is 1.45. The standard InChI is InChI=1S/C15H22BrFN2O.ClH/c1-4-8-15(3,18)14(20)19(5-2)10-11-9-12(16)6-7-13(11)17;/h6-7,9H,4-5,8,10,18H2,1-3H3;1H. The molecule has 3 nitrogen and oxygen atoms in total. The van der Waals surface area contributed by atoms with Gasteiger partial charge in [-0.25, -0.2) is 4.39 Å². The molecule has 0 fully saturated rings. The first kappa shape index (κ1) is 20.3. The zero-order valence-electron chi connectivity index (χ0n) is 12.7. The number of nitrogens with two attached hydrogens (primary N) is 1. The normalized spacial score (nSPS) is 13.2.